The predicted octanol–water partition coefficient (Wildman–Crippen LogP) is 2.21. The summed E-state index contributed by atoms with van der Waals surface area (Å²) >= 11 is 1.64. The lowest BCUT2D eigenvalue weighted by atomic mass is 10.2. The maximum atomic E-state index is 12.1. The Kier molecular flexibility index (Phi) is 10.5. The lowest BCUT2D eigenvalue weighted by Gasteiger charge is -2.17. The fourth-order valence-electron chi connectivity index (χ4n) is 2.52. The molecule has 0 radical (unpaired) electrons. The van der Waals surface area contributed by atoms with E-state index in [0.717, 1.165) is 23.5 Å². The van der Waals surface area contributed by atoms with Gasteiger partial charge in [0, 0.05) is 17.7 Å². The highest BCUT2D eigenvalue weighted by atomic mass is 32.2. The number of carboxylic acid groups (broad SMARTS) is 1. The summed E-state index contributed by atoms with van der Waals surface area (Å²) in [6, 6.07) is 16.1. The summed E-state index contributed by atoms with van der Waals surface area (Å²) in [5, 5.41) is 13.6. The molecular weight excluding hydrogens is 452 g/mol. The summed E-state index contributed by atoms with van der Waals surface area (Å²) in [5.41, 5.74) is 0.936. The minimum Gasteiger partial charge on any atom is -0.481 e. The topological polar surface area (TPSA) is 130 Å². The van der Waals surface area contributed by atoms with Crippen LogP contribution in [0.4, 0.5) is 0 Å². The largest absolute Gasteiger partial charge is 0.481 e. The average Bonchev–Trinajstić information content (AvgIpc) is 2.80. The molecule has 0 saturated heterocycles. The Morgan fingerprint density at radius 1 is 0.750 bits per heavy atom. The van der Waals surface area contributed by atoms with Gasteiger partial charge in [-0.25, -0.2) is 0 Å². The first-order valence-corrected chi connectivity index (χ1v) is 11.5. The van der Waals surface area contributed by atoms with Crippen LogP contribution in [-0.4, -0.2) is 57.2 Å². The van der Waals surface area contributed by atoms with E-state index in [1.165, 1.54) is 0 Å². The van der Waals surface area contributed by atoms with Gasteiger partial charge >= 0.3 is 5.97 Å². The van der Waals surface area contributed by atoms with Gasteiger partial charge in [-0.2, -0.15) is 0 Å². The zero-order valence-electron chi connectivity index (χ0n) is 17.0. The van der Waals surface area contributed by atoms with Crippen LogP contribution in [0.3, 0.4) is 0 Å². The molecule has 32 heavy (non-hydrogen) atoms. The minimum absolute atomic E-state index is 0.117. The smallest absolute Gasteiger partial charge is 0.305 e. The van der Waals surface area contributed by atoms with Crippen molar-refractivity contribution in [1.82, 2.24) is 10.6 Å². The maximum Gasteiger partial charge on any atom is 0.305 e. The molecule has 0 aliphatic carbocycles. The van der Waals surface area contributed by atoms with E-state index < -0.39 is 30.2 Å². The highest BCUT2D eigenvalue weighted by molar-refractivity contribution is 8.14. The van der Waals surface area contributed by atoms with Crippen LogP contribution in [0.2, 0.25) is 0 Å². The Morgan fingerprint density at radius 2 is 1.22 bits per heavy atom. The SMILES string of the molecule is O=C(O)CC(CNC(=O)CSC(=O)c1ccccc1)NC(=O)CSC(=O)c1ccccc1. The molecule has 1 atom stereocenters. The highest BCUT2D eigenvalue weighted by Crippen LogP contribution is 2.13. The number of amides is 2. The van der Waals surface area contributed by atoms with Gasteiger partial charge in [-0.05, 0) is 0 Å². The minimum atomic E-state index is -1.15. The maximum absolute atomic E-state index is 12.1. The molecule has 3 N–H and O–H groups in total. The standard InChI is InChI=1S/C22H22N2O6S2/c25-18(13-31-21(29)15-7-3-1-4-8-15)23-12-17(11-20(27)28)24-19(26)14-32-22(30)16-9-5-2-6-10-16/h1-10,17H,11-14H2,(H,23,25)(H,24,26)(H,27,28). The Balaban J connectivity index is 1.77. The molecule has 0 aliphatic rings. The quantitative estimate of drug-likeness (QED) is 0.452. The molecule has 0 heterocycles. The lowest BCUT2D eigenvalue weighted by molar-refractivity contribution is -0.138. The first-order chi connectivity index (χ1) is 15.3. The van der Waals surface area contributed by atoms with Gasteiger partial charge in [-0.3, -0.25) is 24.0 Å². The molecule has 10 heteroatoms. The van der Waals surface area contributed by atoms with E-state index in [2.05, 4.69) is 10.6 Å². The van der Waals surface area contributed by atoms with Crippen molar-refractivity contribution in [2.45, 2.75) is 12.5 Å². The molecule has 0 saturated carbocycles. The molecule has 8 nitrogen and oxygen atoms in total. The number of hydrogen-bond donors (Lipinski definition) is 3. The summed E-state index contributed by atoms with van der Waals surface area (Å²) in [6.07, 6.45) is -0.403. The van der Waals surface area contributed by atoms with E-state index in [0.29, 0.717) is 11.1 Å². The van der Waals surface area contributed by atoms with Crippen LogP contribution >= 0.6 is 23.5 Å². The summed E-state index contributed by atoms with van der Waals surface area (Å²) in [4.78, 5) is 59.4. The van der Waals surface area contributed by atoms with E-state index in [9.17, 15) is 24.0 Å². The Labute approximate surface area is 193 Å². The van der Waals surface area contributed by atoms with Gasteiger partial charge in [-0.15, -0.1) is 0 Å². The Hall–Kier alpha value is -3.11. The molecule has 0 aliphatic heterocycles. The van der Waals surface area contributed by atoms with Crippen LogP contribution in [0.25, 0.3) is 0 Å². The lowest BCUT2D eigenvalue weighted by Crippen LogP contribution is -2.46. The number of thioether (sulfide) groups is 2. The fourth-order valence-corrected chi connectivity index (χ4v) is 3.84. The van der Waals surface area contributed by atoms with Gasteiger partial charge in [0.25, 0.3) is 0 Å². The molecule has 0 fully saturated rings. The average molecular weight is 475 g/mol. The van der Waals surface area contributed by atoms with E-state index >= 15 is 0 Å². The van der Waals surface area contributed by atoms with Crippen molar-refractivity contribution in [2.75, 3.05) is 18.1 Å². The van der Waals surface area contributed by atoms with Gasteiger partial charge in [0.2, 0.25) is 22.0 Å². The van der Waals surface area contributed by atoms with E-state index in [-0.39, 0.29) is 28.3 Å². The van der Waals surface area contributed by atoms with Crippen LogP contribution in [0, 0.1) is 0 Å². The van der Waals surface area contributed by atoms with Crippen molar-refractivity contribution in [1.29, 1.82) is 0 Å². The molecule has 1 unspecified atom stereocenters. The number of hydrogen-bond acceptors (Lipinski definition) is 7. The van der Waals surface area contributed by atoms with Crippen molar-refractivity contribution in [3.63, 3.8) is 0 Å². The van der Waals surface area contributed by atoms with Crippen LogP contribution in [-0.2, 0) is 14.4 Å². The molecule has 168 valence electrons. The third-order valence-corrected chi connectivity index (χ3v) is 5.83. The second kappa shape index (κ2) is 13.3. The Bertz CT molecular complexity index is 953. The number of benzene rings is 2. The predicted molar refractivity (Wildman–Crippen MR) is 124 cm³/mol. The molecular formula is C22H22N2O6S2. The molecule has 2 amide bonds. The van der Waals surface area contributed by atoms with Crippen molar-refractivity contribution < 1.29 is 29.1 Å². The van der Waals surface area contributed by atoms with Crippen molar-refractivity contribution in [2.24, 2.45) is 0 Å². The van der Waals surface area contributed by atoms with Crippen molar-refractivity contribution >= 4 is 51.5 Å². The summed E-state index contributed by atoms with van der Waals surface area (Å²) < 4.78 is 0. The molecule has 0 aromatic heterocycles. The molecule has 2 aromatic carbocycles. The zero-order chi connectivity index (χ0) is 23.3. The summed E-state index contributed by atoms with van der Waals surface area (Å²) in [6.45, 7) is -0.117. The summed E-state index contributed by atoms with van der Waals surface area (Å²) in [7, 11) is 0. The van der Waals surface area contributed by atoms with E-state index in [4.69, 9.17) is 5.11 Å². The van der Waals surface area contributed by atoms with Gasteiger partial charge in [-0.1, -0.05) is 84.2 Å². The Morgan fingerprint density at radius 3 is 1.69 bits per heavy atom. The first kappa shape index (κ1) is 25.2. The van der Waals surface area contributed by atoms with E-state index in [1.54, 1.807) is 60.7 Å². The second-order valence-electron chi connectivity index (χ2n) is 6.55. The fraction of sp³-hybridized carbons (Fsp3) is 0.227. The molecule has 2 aromatic rings. The first-order valence-electron chi connectivity index (χ1n) is 9.57. The number of carboxylic acids is 1. The van der Waals surface area contributed by atoms with Crippen LogP contribution in [0.15, 0.2) is 60.7 Å². The van der Waals surface area contributed by atoms with Crippen molar-refractivity contribution in [3.05, 3.63) is 71.8 Å². The molecule has 0 spiro atoms. The van der Waals surface area contributed by atoms with Gasteiger partial charge in [0.05, 0.1) is 24.0 Å². The molecule has 2 rings (SSSR count). The van der Waals surface area contributed by atoms with Gasteiger partial charge < -0.3 is 15.7 Å². The van der Waals surface area contributed by atoms with E-state index in [1.807, 2.05) is 0 Å². The third-order valence-electron chi connectivity index (χ3n) is 4.02. The number of carbonyl (C=O) groups excluding carboxylic acids is 4. The van der Waals surface area contributed by atoms with Gasteiger partial charge in [0.15, 0.2) is 0 Å². The zero-order valence-corrected chi connectivity index (χ0v) is 18.6. The van der Waals surface area contributed by atoms with Crippen molar-refractivity contribution in [3.8, 4) is 0 Å². The van der Waals surface area contributed by atoms with Crippen LogP contribution in [0.1, 0.15) is 27.1 Å². The number of rotatable bonds is 11. The monoisotopic (exact) mass is 474 g/mol. The third kappa shape index (κ3) is 9.36. The second-order valence-corrected chi connectivity index (χ2v) is 8.45. The number of aliphatic carboxylic acids is 1. The highest BCUT2D eigenvalue weighted by Gasteiger charge is 2.19. The summed E-state index contributed by atoms with van der Waals surface area (Å²) in [5.74, 6) is -2.44. The molecule has 0 bridgehead atoms. The van der Waals surface area contributed by atoms with Gasteiger partial charge in [0.1, 0.15) is 0 Å². The normalized spacial score (nSPS) is 11.2. The number of nitrogens with one attached hydrogen (secondary N) is 2. The van der Waals surface area contributed by atoms with Crippen LogP contribution in [0.5, 0.6) is 0 Å². The van der Waals surface area contributed by atoms with Crippen LogP contribution < -0.4 is 10.6 Å². The number of carbonyl (C=O) groups is 5.